The summed E-state index contributed by atoms with van der Waals surface area (Å²) in [7, 11) is 0. The first-order valence-corrected chi connectivity index (χ1v) is 10.4. The quantitative estimate of drug-likeness (QED) is 0.397. The first kappa shape index (κ1) is 22.5. The molecule has 1 aromatic heterocycles. The summed E-state index contributed by atoms with van der Waals surface area (Å²) in [6.07, 6.45) is -4.08. The lowest BCUT2D eigenvalue weighted by Crippen LogP contribution is -2.45. The zero-order valence-electron chi connectivity index (χ0n) is 17.4. The summed E-state index contributed by atoms with van der Waals surface area (Å²) in [5, 5.41) is 14.9. The highest BCUT2D eigenvalue weighted by atomic mass is 19.4. The summed E-state index contributed by atoms with van der Waals surface area (Å²) in [5.41, 5.74) is -0.469. The number of alkyl halides is 4. The number of carbonyl (C=O) groups excluding carboxylic acids is 1. The maximum Gasteiger partial charge on any atom is 0.433 e. The van der Waals surface area contributed by atoms with E-state index in [0.29, 0.717) is 18.4 Å². The van der Waals surface area contributed by atoms with E-state index < -0.39 is 17.7 Å². The fraction of sp³-hybridized carbons (Fsp3) is 0.292. The summed E-state index contributed by atoms with van der Waals surface area (Å²) >= 11 is 0. The number of hydrogen-bond acceptors (Lipinski definition) is 4. The van der Waals surface area contributed by atoms with Crippen LogP contribution in [0.15, 0.2) is 54.6 Å². The highest BCUT2D eigenvalue weighted by molar-refractivity contribution is 5.94. The maximum atomic E-state index is 15.6. The average Bonchev–Trinajstić information content (AvgIpc) is 2.80. The highest BCUT2D eigenvalue weighted by Crippen LogP contribution is 2.38. The third-order valence-electron chi connectivity index (χ3n) is 5.74. The van der Waals surface area contributed by atoms with Crippen LogP contribution in [0.2, 0.25) is 0 Å². The van der Waals surface area contributed by atoms with E-state index in [1.165, 1.54) is 18.2 Å². The smallest absolute Gasteiger partial charge is 0.353 e. The molecule has 1 aliphatic carbocycles. The predicted octanol–water partition coefficient (Wildman–Crippen LogP) is 5.58. The molecule has 0 saturated heterocycles. The predicted molar refractivity (Wildman–Crippen MR) is 115 cm³/mol. The number of nitrogens with zero attached hydrogens (tertiary/aromatic N) is 2. The number of carbonyl (C=O) groups is 1. The molecule has 1 fully saturated rings. The zero-order valence-corrected chi connectivity index (χ0v) is 17.4. The Balaban J connectivity index is 1.53. The molecule has 0 spiro atoms. The number of benzene rings is 2. The number of amides is 1. The standard InChI is InChI=1S/C24H20F4N4O/c25-23(10-8-17(9-11-23)30-22(33)16-4-2-1-3-5-16)32-20-13-21(24(26,27)28)31-19-7-6-15(14-29)12-18(19)20/h1-7,12-13,17H,8-11H2,(H,30,33)(H,31,32). The largest absolute Gasteiger partial charge is 0.433 e. The Labute approximate surface area is 187 Å². The summed E-state index contributed by atoms with van der Waals surface area (Å²) in [4.78, 5) is 16.0. The number of nitrogens with one attached hydrogen (secondary N) is 2. The Hall–Kier alpha value is -3.67. The number of aromatic nitrogens is 1. The molecule has 1 aliphatic rings. The molecule has 4 rings (SSSR count). The Bertz CT molecular complexity index is 1210. The van der Waals surface area contributed by atoms with Crippen LogP contribution in [0.1, 0.15) is 47.3 Å². The van der Waals surface area contributed by atoms with Gasteiger partial charge in [0.25, 0.3) is 5.91 Å². The molecule has 3 aromatic rings. The van der Waals surface area contributed by atoms with E-state index in [0.717, 1.165) is 6.07 Å². The van der Waals surface area contributed by atoms with Crippen molar-refractivity contribution in [3.05, 3.63) is 71.4 Å². The van der Waals surface area contributed by atoms with Gasteiger partial charge in [-0.3, -0.25) is 4.79 Å². The number of halogens is 4. The molecule has 1 amide bonds. The number of anilines is 1. The molecule has 2 N–H and O–H groups in total. The van der Waals surface area contributed by atoms with Crippen LogP contribution in [-0.2, 0) is 6.18 Å². The van der Waals surface area contributed by atoms with E-state index in [1.54, 1.807) is 30.3 Å². The molecule has 2 aromatic carbocycles. The van der Waals surface area contributed by atoms with E-state index in [4.69, 9.17) is 5.26 Å². The molecule has 0 bridgehead atoms. The molecule has 0 atom stereocenters. The first-order valence-electron chi connectivity index (χ1n) is 10.4. The van der Waals surface area contributed by atoms with Crippen LogP contribution >= 0.6 is 0 Å². The van der Waals surface area contributed by atoms with Crippen molar-refractivity contribution < 1.29 is 22.4 Å². The van der Waals surface area contributed by atoms with Crippen LogP contribution in [0.5, 0.6) is 0 Å². The molecule has 1 heterocycles. The second-order valence-electron chi connectivity index (χ2n) is 8.10. The fourth-order valence-electron chi connectivity index (χ4n) is 3.99. The maximum absolute atomic E-state index is 15.6. The Morgan fingerprint density at radius 2 is 1.79 bits per heavy atom. The van der Waals surface area contributed by atoms with Crippen LogP contribution in [0, 0.1) is 11.3 Å². The van der Waals surface area contributed by atoms with Crippen molar-refractivity contribution >= 4 is 22.5 Å². The Morgan fingerprint density at radius 3 is 2.42 bits per heavy atom. The lowest BCUT2D eigenvalue weighted by Gasteiger charge is -2.36. The van der Waals surface area contributed by atoms with Crippen LogP contribution in [-0.4, -0.2) is 22.7 Å². The molecular formula is C24H20F4N4O. The zero-order chi connectivity index (χ0) is 23.6. The minimum Gasteiger partial charge on any atom is -0.353 e. The minimum atomic E-state index is -4.71. The lowest BCUT2D eigenvalue weighted by atomic mass is 9.88. The van der Waals surface area contributed by atoms with Crippen molar-refractivity contribution in [3.63, 3.8) is 0 Å². The molecule has 1 saturated carbocycles. The molecule has 0 radical (unpaired) electrons. The van der Waals surface area contributed by atoms with Crippen molar-refractivity contribution in [2.75, 3.05) is 5.32 Å². The SMILES string of the molecule is N#Cc1ccc2nc(C(F)(F)F)cc(NC3(F)CCC(NC(=O)c4ccccc4)CC3)c2c1. The summed E-state index contributed by atoms with van der Waals surface area (Å²) in [6.45, 7) is 0. The van der Waals surface area contributed by atoms with Crippen molar-refractivity contribution in [2.24, 2.45) is 0 Å². The van der Waals surface area contributed by atoms with Gasteiger partial charge in [0, 0.05) is 35.5 Å². The molecule has 5 nitrogen and oxygen atoms in total. The summed E-state index contributed by atoms with van der Waals surface area (Å²) in [5.74, 6) is -2.22. The molecule has 9 heteroatoms. The van der Waals surface area contributed by atoms with E-state index >= 15 is 4.39 Å². The monoisotopic (exact) mass is 456 g/mol. The van der Waals surface area contributed by atoms with Gasteiger partial charge in [-0.05, 0) is 49.2 Å². The van der Waals surface area contributed by atoms with E-state index in [1.807, 2.05) is 6.07 Å². The summed E-state index contributed by atoms with van der Waals surface area (Å²) < 4.78 is 55.7. The van der Waals surface area contributed by atoms with Gasteiger partial charge in [0.2, 0.25) is 0 Å². The highest BCUT2D eigenvalue weighted by Gasteiger charge is 2.38. The molecular weight excluding hydrogens is 436 g/mol. The first-order chi connectivity index (χ1) is 15.7. The third-order valence-corrected chi connectivity index (χ3v) is 5.74. The van der Waals surface area contributed by atoms with E-state index in [2.05, 4.69) is 15.6 Å². The second-order valence-corrected chi connectivity index (χ2v) is 8.10. The van der Waals surface area contributed by atoms with Crippen LogP contribution < -0.4 is 10.6 Å². The molecule has 33 heavy (non-hydrogen) atoms. The van der Waals surface area contributed by atoms with E-state index in [-0.39, 0.29) is 46.9 Å². The van der Waals surface area contributed by atoms with Gasteiger partial charge in [0.1, 0.15) is 5.69 Å². The molecule has 0 aliphatic heterocycles. The number of nitriles is 1. The summed E-state index contributed by atoms with van der Waals surface area (Å²) in [6, 6.07) is 15.2. The van der Waals surface area contributed by atoms with Gasteiger partial charge in [-0.15, -0.1) is 0 Å². The average molecular weight is 456 g/mol. The van der Waals surface area contributed by atoms with Gasteiger partial charge in [-0.2, -0.15) is 18.4 Å². The van der Waals surface area contributed by atoms with Gasteiger partial charge in [0.05, 0.1) is 17.1 Å². The lowest BCUT2D eigenvalue weighted by molar-refractivity contribution is -0.140. The normalized spacial score (nSPS) is 20.8. The minimum absolute atomic E-state index is 0.00412. The topological polar surface area (TPSA) is 77.8 Å². The number of fused-ring (bicyclic) bond motifs is 1. The molecule has 0 unspecified atom stereocenters. The van der Waals surface area contributed by atoms with Gasteiger partial charge in [0.15, 0.2) is 5.79 Å². The Kier molecular flexibility index (Phi) is 5.93. The van der Waals surface area contributed by atoms with E-state index in [9.17, 15) is 18.0 Å². The third kappa shape index (κ3) is 5.06. The van der Waals surface area contributed by atoms with Crippen LogP contribution in [0.4, 0.5) is 23.2 Å². The van der Waals surface area contributed by atoms with Gasteiger partial charge in [-0.25, -0.2) is 9.37 Å². The Morgan fingerprint density at radius 1 is 1.09 bits per heavy atom. The number of hydrogen-bond donors (Lipinski definition) is 2. The fourth-order valence-corrected chi connectivity index (χ4v) is 3.99. The van der Waals surface area contributed by atoms with Crippen molar-refractivity contribution in [2.45, 2.75) is 43.7 Å². The van der Waals surface area contributed by atoms with Crippen molar-refractivity contribution in [1.82, 2.24) is 10.3 Å². The molecule has 170 valence electrons. The van der Waals surface area contributed by atoms with Gasteiger partial charge in [-0.1, -0.05) is 18.2 Å². The van der Waals surface area contributed by atoms with Crippen LogP contribution in [0.25, 0.3) is 10.9 Å². The number of pyridine rings is 1. The second kappa shape index (κ2) is 8.70. The van der Waals surface area contributed by atoms with Crippen molar-refractivity contribution in [1.29, 1.82) is 5.26 Å². The van der Waals surface area contributed by atoms with Crippen LogP contribution in [0.3, 0.4) is 0 Å². The number of rotatable bonds is 4. The van der Waals surface area contributed by atoms with Gasteiger partial charge >= 0.3 is 6.18 Å². The van der Waals surface area contributed by atoms with Gasteiger partial charge < -0.3 is 10.6 Å². The van der Waals surface area contributed by atoms with Crippen molar-refractivity contribution in [3.8, 4) is 6.07 Å².